The molecule has 0 aliphatic carbocycles. The number of esters is 1. The van der Waals surface area contributed by atoms with Crippen LogP contribution in [0.4, 0.5) is 5.69 Å². The zero-order chi connectivity index (χ0) is 23.7. The Labute approximate surface area is 204 Å². The van der Waals surface area contributed by atoms with Crippen LogP contribution in [0.3, 0.4) is 0 Å². The van der Waals surface area contributed by atoms with Crippen LogP contribution < -0.4 is 0 Å². The average Bonchev–Trinajstić information content (AvgIpc) is 3.51. The number of aliphatic imine (C=N–C) groups is 1. The van der Waals surface area contributed by atoms with Crippen LogP contribution in [0.15, 0.2) is 86.6 Å². The van der Waals surface area contributed by atoms with Crippen LogP contribution in [0.2, 0.25) is 10.0 Å². The van der Waals surface area contributed by atoms with Crippen molar-refractivity contribution in [2.24, 2.45) is 4.99 Å². The number of halogens is 2. The summed E-state index contributed by atoms with van der Waals surface area (Å²) in [6.45, 7) is 0. The van der Waals surface area contributed by atoms with Gasteiger partial charge in [0, 0.05) is 11.1 Å². The quantitative estimate of drug-likeness (QED) is 0.187. The molecule has 34 heavy (non-hydrogen) atoms. The maximum Gasteiger partial charge on any atom is 0.337 e. The Hall–Kier alpha value is -3.87. The number of furan rings is 1. The van der Waals surface area contributed by atoms with E-state index in [9.17, 15) is 4.79 Å². The SMILES string of the molecule is COC(=O)c1ccc(-c2ccc(C=Nc3ccc4oc(-c5ccc(Cl)c(Cl)c5)nc4c3)o2)cc1. The minimum Gasteiger partial charge on any atom is -0.465 e. The summed E-state index contributed by atoms with van der Waals surface area (Å²) in [5.74, 6) is 1.32. The van der Waals surface area contributed by atoms with Crippen molar-refractivity contribution >= 4 is 52.2 Å². The molecule has 0 bridgehead atoms. The first-order valence-electron chi connectivity index (χ1n) is 10.2. The Bertz CT molecular complexity index is 1530. The van der Waals surface area contributed by atoms with E-state index in [1.54, 1.807) is 48.7 Å². The number of fused-ring (bicyclic) bond motifs is 1. The van der Waals surface area contributed by atoms with Crippen molar-refractivity contribution in [1.29, 1.82) is 0 Å². The van der Waals surface area contributed by atoms with E-state index >= 15 is 0 Å². The lowest BCUT2D eigenvalue weighted by Gasteiger charge is -2.00. The van der Waals surface area contributed by atoms with E-state index in [-0.39, 0.29) is 5.97 Å². The van der Waals surface area contributed by atoms with Gasteiger partial charge in [0.25, 0.3) is 0 Å². The highest BCUT2D eigenvalue weighted by atomic mass is 35.5. The van der Waals surface area contributed by atoms with Gasteiger partial charge in [-0.05, 0) is 60.7 Å². The minimum atomic E-state index is -0.382. The molecule has 0 unspecified atom stereocenters. The number of oxazole rings is 1. The normalized spacial score (nSPS) is 11.4. The van der Waals surface area contributed by atoms with E-state index in [1.807, 2.05) is 30.3 Å². The lowest BCUT2D eigenvalue weighted by molar-refractivity contribution is 0.0600. The lowest BCUT2D eigenvalue weighted by atomic mass is 10.1. The number of aromatic nitrogens is 1. The lowest BCUT2D eigenvalue weighted by Crippen LogP contribution is -2.00. The van der Waals surface area contributed by atoms with Gasteiger partial charge in [-0.1, -0.05) is 35.3 Å². The van der Waals surface area contributed by atoms with Crippen LogP contribution in [0.25, 0.3) is 33.9 Å². The summed E-state index contributed by atoms with van der Waals surface area (Å²) >= 11 is 12.1. The molecule has 0 saturated heterocycles. The molecule has 8 heteroatoms. The molecule has 168 valence electrons. The number of carbonyl (C=O) groups excluding carboxylic acids is 1. The van der Waals surface area contributed by atoms with Crippen molar-refractivity contribution in [2.45, 2.75) is 0 Å². The maximum absolute atomic E-state index is 11.6. The largest absolute Gasteiger partial charge is 0.465 e. The second-order valence-corrected chi connectivity index (χ2v) is 8.14. The predicted octanol–water partition coefficient (Wildman–Crippen LogP) is 7.60. The fraction of sp³-hybridized carbons (Fsp3) is 0.0385. The number of hydrogen-bond acceptors (Lipinski definition) is 6. The number of benzene rings is 3. The molecule has 6 nitrogen and oxygen atoms in total. The zero-order valence-electron chi connectivity index (χ0n) is 17.8. The van der Waals surface area contributed by atoms with Crippen LogP contribution >= 0.6 is 23.2 Å². The van der Waals surface area contributed by atoms with Crippen LogP contribution in [0.5, 0.6) is 0 Å². The standard InChI is InChI=1S/C26H16Cl2N2O4/c1-32-26(31)16-4-2-15(3-5-16)23-11-8-19(33-23)14-29-18-7-10-24-22(13-18)30-25(34-24)17-6-9-20(27)21(28)12-17/h2-14H,1H3. The summed E-state index contributed by atoms with van der Waals surface area (Å²) in [6, 6.07) is 21.3. The Kier molecular flexibility index (Phi) is 5.92. The highest BCUT2D eigenvalue weighted by Crippen LogP contribution is 2.31. The molecule has 0 amide bonds. The number of ether oxygens (including phenoxy) is 1. The summed E-state index contributed by atoms with van der Waals surface area (Å²) < 4.78 is 16.4. The van der Waals surface area contributed by atoms with Gasteiger partial charge >= 0.3 is 5.97 Å². The second kappa shape index (κ2) is 9.17. The highest BCUT2D eigenvalue weighted by Gasteiger charge is 2.11. The fourth-order valence-electron chi connectivity index (χ4n) is 3.35. The molecule has 0 fully saturated rings. The molecule has 0 spiro atoms. The van der Waals surface area contributed by atoms with Gasteiger partial charge in [0.1, 0.15) is 17.0 Å². The molecule has 2 heterocycles. The first-order valence-corrected chi connectivity index (χ1v) is 10.9. The average molecular weight is 491 g/mol. The minimum absolute atomic E-state index is 0.382. The summed E-state index contributed by atoms with van der Waals surface area (Å²) in [4.78, 5) is 20.6. The van der Waals surface area contributed by atoms with Gasteiger partial charge in [-0.15, -0.1) is 0 Å². The van der Waals surface area contributed by atoms with Gasteiger partial charge in [0.15, 0.2) is 5.58 Å². The van der Waals surface area contributed by atoms with Crippen molar-refractivity contribution in [1.82, 2.24) is 4.98 Å². The van der Waals surface area contributed by atoms with Crippen molar-refractivity contribution in [2.75, 3.05) is 7.11 Å². The Morgan fingerprint density at radius 1 is 0.912 bits per heavy atom. The van der Waals surface area contributed by atoms with Gasteiger partial charge in [-0.3, -0.25) is 4.99 Å². The summed E-state index contributed by atoms with van der Waals surface area (Å²) in [6.07, 6.45) is 1.63. The molecule has 3 aromatic carbocycles. The molecule has 0 radical (unpaired) electrons. The molecule has 0 N–H and O–H groups in total. The van der Waals surface area contributed by atoms with Crippen molar-refractivity contribution in [3.8, 4) is 22.8 Å². The van der Waals surface area contributed by atoms with E-state index in [0.717, 1.165) is 11.1 Å². The van der Waals surface area contributed by atoms with Gasteiger partial charge in [-0.25, -0.2) is 9.78 Å². The van der Waals surface area contributed by atoms with Crippen LogP contribution in [-0.4, -0.2) is 24.3 Å². The molecule has 0 atom stereocenters. The third kappa shape index (κ3) is 4.46. The van der Waals surface area contributed by atoms with E-state index in [4.69, 9.17) is 36.8 Å². The molecule has 0 saturated carbocycles. The molecular weight excluding hydrogens is 475 g/mol. The van der Waals surface area contributed by atoms with Gasteiger partial charge in [0.2, 0.25) is 5.89 Å². The number of rotatable bonds is 5. The topological polar surface area (TPSA) is 77.8 Å². The van der Waals surface area contributed by atoms with Crippen LogP contribution in [0.1, 0.15) is 16.1 Å². The zero-order valence-corrected chi connectivity index (χ0v) is 19.3. The first kappa shape index (κ1) is 21.9. The number of methoxy groups -OCH3 is 1. The molecule has 5 rings (SSSR count). The monoisotopic (exact) mass is 490 g/mol. The maximum atomic E-state index is 11.6. The number of hydrogen-bond donors (Lipinski definition) is 0. The summed E-state index contributed by atoms with van der Waals surface area (Å²) in [7, 11) is 1.35. The van der Waals surface area contributed by atoms with E-state index in [0.29, 0.717) is 49.8 Å². The number of nitrogens with zero attached hydrogens (tertiary/aromatic N) is 2. The van der Waals surface area contributed by atoms with Crippen LogP contribution in [0, 0.1) is 0 Å². The van der Waals surface area contributed by atoms with Crippen molar-refractivity contribution in [3.63, 3.8) is 0 Å². The molecule has 5 aromatic rings. The second-order valence-electron chi connectivity index (χ2n) is 7.33. The van der Waals surface area contributed by atoms with E-state index in [1.165, 1.54) is 7.11 Å². The number of carbonyl (C=O) groups is 1. The van der Waals surface area contributed by atoms with E-state index < -0.39 is 0 Å². The van der Waals surface area contributed by atoms with Crippen molar-refractivity contribution < 1.29 is 18.4 Å². The smallest absolute Gasteiger partial charge is 0.337 e. The Balaban J connectivity index is 1.34. The molecule has 0 aliphatic heterocycles. The van der Waals surface area contributed by atoms with Crippen molar-refractivity contribution in [3.05, 3.63) is 94.2 Å². The molecule has 2 aromatic heterocycles. The van der Waals surface area contributed by atoms with Gasteiger partial charge in [-0.2, -0.15) is 0 Å². The fourth-order valence-corrected chi connectivity index (χ4v) is 3.65. The Morgan fingerprint density at radius 2 is 1.71 bits per heavy atom. The summed E-state index contributed by atoms with van der Waals surface area (Å²) in [5, 5.41) is 0.904. The molecule has 0 aliphatic rings. The summed E-state index contributed by atoms with van der Waals surface area (Å²) in [5.41, 5.74) is 4.05. The van der Waals surface area contributed by atoms with E-state index in [2.05, 4.69) is 9.98 Å². The predicted molar refractivity (Wildman–Crippen MR) is 132 cm³/mol. The van der Waals surface area contributed by atoms with Gasteiger partial charge in [0.05, 0.1) is 34.6 Å². The van der Waals surface area contributed by atoms with Gasteiger partial charge < -0.3 is 13.6 Å². The Morgan fingerprint density at radius 3 is 2.47 bits per heavy atom. The van der Waals surface area contributed by atoms with Crippen LogP contribution in [-0.2, 0) is 4.74 Å². The first-order chi connectivity index (χ1) is 16.5. The molecular formula is C26H16Cl2N2O4. The third-order valence-electron chi connectivity index (χ3n) is 5.10. The third-order valence-corrected chi connectivity index (χ3v) is 5.83. The highest BCUT2D eigenvalue weighted by molar-refractivity contribution is 6.42.